The van der Waals surface area contributed by atoms with Crippen LogP contribution in [0.25, 0.3) is 0 Å². The molecule has 0 aromatic heterocycles. The quantitative estimate of drug-likeness (QED) is 0.566. The lowest BCUT2D eigenvalue weighted by Gasteiger charge is -2.22. The molecular weight excluding hydrogens is 398 g/mol. The van der Waals surface area contributed by atoms with Crippen LogP contribution in [-0.4, -0.2) is 56.5 Å². The van der Waals surface area contributed by atoms with Crippen molar-refractivity contribution in [3.8, 4) is 5.75 Å². The molecule has 0 spiro atoms. The Hall–Kier alpha value is -3.39. The number of para-hydroxylation sites is 2. The zero-order chi connectivity index (χ0) is 22.8. The van der Waals surface area contributed by atoms with E-state index in [1.807, 2.05) is 24.0 Å². The number of carbonyl (C=O) groups excluding carboxylic acids is 3. The lowest BCUT2D eigenvalue weighted by Crippen LogP contribution is -2.38. The molecule has 0 fully saturated rings. The molecule has 31 heavy (non-hydrogen) atoms. The number of esters is 1. The second-order valence-corrected chi connectivity index (χ2v) is 7.03. The Kier molecular flexibility index (Phi) is 9.02. The van der Waals surface area contributed by atoms with Gasteiger partial charge < -0.3 is 20.1 Å². The summed E-state index contributed by atoms with van der Waals surface area (Å²) in [6, 6.07) is 13.8. The van der Waals surface area contributed by atoms with Gasteiger partial charge in [0, 0.05) is 17.8 Å². The molecule has 0 radical (unpaired) electrons. The number of benzene rings is 2. The lowest BCUT2D eigenvalue weighted by atomic mass is 10.1. The fourth-order valence-corrected chi connectivity index (χ4v) is 3.02. The van der Waals surface area contributed by atoms with Crippen molar-refractivity contribution in [1.82, 2.24) is 4.90 Å². The van der Waals surface area contributed by atoms with Crippen molar-refractivity contribution in [3.05, 3.63) is 54.1 Å². The molecule has 1 unspecified atom stereocenters. The van der Waals surface area contributed by atoms with Gasteiger partial charge in [0.1, 0.15) is 5.75 Å². The van der Waals surface area contributed by atoms with Crippen molar-refractivity contribution in [2.45, 2.75) is 13.8 Å². The Labute approximate surface area is 182 Å². The monoisotopic (exact) mass is 427 g/mol. The number of hydrogen-bond donors (Lipinski definition) is 2. The van der Waals surface area contributed by atoms with E-state index in [0.717, 1.165) is 0 Å². The van der Waals surface area contributed by atoms with Crippen LogP contribution < -0.4 is 15.4 Å². The Bertz CT molecular complexity index is 898. The highest BCUT2D eigenvalue weighted by molar-refractivity contribution is 6.05. The van der Waals surface area contributed by atoms with E-state index in [2.05, 4.69) is 10.6 Å². The minimum atomic E-state index is -0.321. The number of nitrogens with one attached hydrogen (secondary N) is 2. The summed E-state index contributed by atoms with van der Waals surface area (Å²) in [5.41, 5.74) is 1.61. The Morgan fingerprint density at radius 1 is 1.00 bits per heavy atom. The Balaban J connectivity index is 1.93. The first-order valence-electron chi connectivity index (χ1n) is 10.0. The molecular formula is C23H29N3O5. The summed E-state index contributed by atoms with van der Waals surface area (Å²) >= 11 is 0. The van der Waals surface area contributed by atoms with Gasteiger partial charge in [-0.2, -0.15) is 0 Å². The normalized spacial score (nSPS) is 11.5. The molecule has 8 heteroatoms. The van der Waals surface area contributed by atoms with E-state index in [0.29, 0.717) is 35.8 Å². The summed E-state index contributed by atoms with van der Waals surface area (Å²) in [6.45, 7) is 4.89. The van der Waals surface area contributed by atoms with E-state index in [9.17, 15) is 14.4 Å². The second-order valence-electron chi connectivity index (χ2n) is 7.03. The number of amides is 2. The molecule has 2 rings (SSSR count). The zero-order valence-corrected chi connectivity index (χ0v) is 18.3. The van der Waals surface area contributed by atoms with Crippen molar-refractivity contribution < 1.29 is 23.9 Å². The fraction of sp³-hybridized carbons (Fsp3) is 0.348. The van der Waals surface area contributed by atoms with Gasteiger partial charge >= 0.3 is 5.97 Å². The third kappa shape index (κ3) is 7.11. The van der Waals surface area contributed by atoms with Crippen LogP contribution in [0, 0.1) is 5.92 Å². The van der Waals surface area contributed by atoms with Crippen molar-refractivity contribution in [1.29, 1.82) is 0 Å². The highest BCUT2D eigenvalue weighted by Crippen LogP contribution is 2.23. The maximum Gasteiger partial charge on any atom is 0.309 e. The highest BCUT2D eigenvalue weighted by Gasteiger charge is 2.18. The predicted octanol–water partition coefficient (Wildman–Crippen LogP) is 3.02. The summed E-state index contributed by atoms with van der Waals surface area (Å²) in [6.07, 6.45) is 0. The number of methoxy groups -OCH3 is 2. The minimum absolute atomic E-state index is 0.147. The summed E-state index contributed by atoms with van der Waals surface area (Å²) < 4.78 is 9.97. The molecule has 0 saturated carbocycles. The number of rotatable bonds is 10. The first-order chi connectivity index (χ1) is 14.9. The van der Waals surface area contributed by atoms with Crippen molar-refractivity contribution in [3.63, 3.8) is 0 Å². The molecule has 2 aromatic carbocycles. The van der Waals surface area contributed by atoms with Gasteiger partial charge in [0.2, 0.25) is 5.91 Å². The molecule has 166 valence electrons. The molecule has 1 atom stereocenters. The van der Waals surface area contributed by atoms with Gasteiger partial charge in [-0.3, -0.25) is 19.3 Å². The number of carbonyl (C=O) groups is 3. The van der Waals surface area contributed by atoms with Gasteiger partial charge in [0.15, 0.2) is 0 Å². The third-order valence-corrected chi connectivity index (χ3v) is 4.74. The Morgan fingerprint density at radius 2 is 1.68 bits per heavy atom. The maximum atomic E-state index is 12.5. The van der Waals surface area contributed by atoms with E-state index in [1.54, 1.807) is 43.3 Å². The molecule has 0 heterocycles. The van der Waals surface area contributed by atoms with Crippen LogP contribution in [0.1, 0.15) is 24.2 Å². The number of hydrogen-bond acceptors (Lipinski definition) is 6. The van der Waals surface area contributed by atoms with Crippen LogP contribution in [0.2, 0.25) is 0 Å². The largest absolute Gasteiger partial charge is 0.495 e. The SMILES string of the molecule is CCN(CC(=O)Nc1ccc(C(=O)Nc2ccccc2OC)cc1)CC(C)C(=O)OC. The van der Waals surface area contributed by atoms with E-state index in [4.69, 9.17) is 9.47 Å². The van der Waals surface area contributed by atoms with Crippen LogP contribution in [-0.2, 0) is 14.3 Å². The average molecular weight is 428 g/mol. The molecule has 0 aliphatic carbocycles. The van der Waals surface area contributed by atoms with Gasteiger partial charge in [0.05, 0.1) is 32.4 Å². The fourth-order valence-electron chi connectivity index (χ4n) is 3.02. The smallest absolute Gasteiger partial charge is 0.309 e. The lowest BCUT2D eigenvalue weighted by molar-refractivity contribution is -0.145. The molecule has 2 amide bonds. The first kappa shape index (κ1) is 23.9. The summed E-state index contributed by atoms with van der Waals surface area (Å²) in [4.78, 5) is 38.3. The first-order valence-corrected chi connectivity index (χ1v) is 10.0. The standard InChI is InChI=1S/C23H29N3O5/c1-5-26(14-16(2)23(29)31-4)15-21(27)24-18-12-10-17(11-13-18)22(28)25-19-8-6-7-9-20(19)30-3/h6-13,16H,5,14-15H2,1-4H3,(H,24,27)(H,25,28). The molecule has 0 aliphatic heterocycles. The minimum Gasteiger partial charge on any atom is -0.495 e. The second kappa shape index (κ2) is 11.7. The zero-order valence-electron chi connectivity index (χ0n) is 18.3. The molecule has 8 nitrogen and oxygen atoms in total. The van der Waals surface area contributed by atoms with E-state index in [-0.39, 0.29) is 30.2 Å². The van der Waals surface area contributed by atoms with Gasteiger partial charge in [-0.05, 0) is 42.9 Å². The molecule has 2 N–H and O–H groups in total. The third-order valence-electron chi connectivity index (χ3n) is 4.74. The number of nitrogens with zero attached hydrogens (tertiary/aromatic N) is 1. The molecule has 0 bridgehead atoms. The van der Waals surface area contributed by atoms with Crippen LogP contribution in [0.4, 0.5) is 11.4 Å². The number of ether oxygens (including phenoxy) is 2. The summed E-state index contributed by atoms with van der Waals surface area (Å²) in [7, 11) is 2.89. The number of anilines is 2. The van der Waals surface area contributed by atoms with Crippen LogP contribution in [0.5, 0.6) is 5.75 Å². The van der Waals surface area contributed by atoms with Gasteiger partial charge in [-0.1, -0.05) is 26.0 Å². The van der Waals surface area contributed by atoms with Crippen molar-refractivity contribution >= 4 is 29.2 Å². The van der Waals surface area contributed by atoms with Crippen LogP contribution in [0.3, 0.4) is 0 Å². The predicted molar refractivity (Wildman–Crippen MR) is 119 cm³/mol. The Morgan fingerprint density at radius 3 is 2.29 bits per heavy atom. The highest BCUT2D eigenvalue weighted by atomic mass is 16.5. The van der Waals surface area contributed by atoms with Crippen LogP contribution >= 0.6 is 0 Å². The van der Waals surface area contributed by atoms with Gasteiger partial charge in [-0.15, -0.1) is 0 Å². The molecule has 0 aliphatic rings. The average Bonchev–Trinajstić information content (AvgIpc) is 2.78. The number of likely N-dealkylation sites (N-methyl/N-ethyl adjacent to an activating group) is 1. The van der Waals surface area contributed by atoms with Gasteiger partial charge in [-0.25, -0.2) is 0 Å². The van der Waals surface area contributed by atoms with E-state index >= 15 is 0 Å². The van der Waals surface area contributed by atoms with Crippen molar-refractivity contribution in [2.24, 2.45) is 5.92 Å². The summed E-state index contributed by atoms with van der Waals surface area (Å²) in [5.74, 6) is -0.539. The van der Waals surface area contributed by atoms with Gasteiger partial charge in [0.25, 0.3) is 5.91 Å². The van der Waals surface area contributed by atoms with Crippen molar-refractivity contribution in [2.75, 3.05) is 44.5 Å². The molecule has 2 aromatic rings. The van der Waals surface area contributed by atoms with E-state index < -0.39 is 0 Å². The topological polar surface area (TPSA) is 97.0 Å². The summed E-state index contributed by atoms with van der Waals surface area (Å²) in [5, 5.41) is 5.62. The maximum absolute atomic E-state index is 12.5. The van der Waals surface area contributed by atoms with E-state index in [1.165, 1.54) is 14.2 Å². The molecule has 0 saturated heterocycles. The van der Waals surface area contributed by atoms with Crippen LogP contribution in [0.15, 0.2) is 48.5 Å².